The minimum atomic E-state index is -0.147. The molecule has 1 aliphatic carbocycles. The molecule has 1 aliphatic rings. The van der Waals surface area contributed by atoms with Crippen LogP contribution in [0.5, 0.6) is 0 Å². The number of nitrogens with zero attached hydrogens (tertiary/aromatic N) is 1. The number of rotatable bonds is 9. The fraction of sp³-hybridized carbons (Fsp3) is 0.692. The van der Waals surface area contributed by atoms with Crippen molar-refractivity contribution in [3.05, 3.63) is 4.88 Å². The highest BCUT2D eigenvalue weighted by Gasteiger charge is 2.24. The van der Waals surface area contributed by atoms with E-state index in [2.05, 4.69) is 15.6 Å². The summed E-state index contributed by atoms with van der Waals surface area (Å²) in [7, 11) is 0. The van der Waals surface area contributed by atoms with E-state index in [4.69, 9.17) is 10.8 Å². The molecule has 1 aromatic rings. The molecule has 0 unspecified atom stereocenters. The Morgan fingerprint density at radius 1 is 1.35 bits per heavy atom. The standard InChI is InChI=1S/C13H22N4O2S/c14-11-10(20-13(17-11)16-9-5-6-9)12(19)15-7-3-1-2-4-8-18/h9,18H,1-8,14H2,(H,15,19)(H,16,17). The van der Waals surface area contributed by atoms with Crippen LogP contribution < -0.4 is 16.4 Å². The second-order valence-electron chi connectivity index (χ2n) is 5.05. The van der Waals surface area contributed by atoms with Crippen LogP contribution in [0, 0.1) is 0 Å². The van der Waals surface area contributed by atoms with Gasteiger partial charge in [-0.2, -0.15) is 0 Å². The lowest BCUT2D eigenvalue weighted by Crippen LogP contribution is -2.24. The summed E-state index contributed by atoms with van der Waals surface area (Å²) in [5, 5.41) is 15.5. The minimum absolute atomic E-state index is 0.147. The third-order valence-corrected chi connectivity index (χ3v) is 4.14. The number of nitrogen functional groups attached to an aromatic ring is 1. The van der Waals surface area contributed by atoms with Gasteiger partial charge < -0.3 is 21.5 Å². The van der Waals surface area contributed by atoms with E-state index in [0.29, 0.717) is 23.3 Å². The largest absolute Gasteiger partial charge is 0.396 e. The van der Waals surface area contributed by atoms with Crippen LogP contribution in [0.2, 0.25) is 0 Å². The fourth-order valence-electron chi connectivity index (χ4n) is 1.83. The van der Waals surface area contributed by atoms with Crippen molar-refractivity contribution >= 4 is 28.2 Å². The number of nitrogens with one attached hydrogen (secondary N) is 2. The molecule has 1 fully saturated rings. The zero-order valence-corrected chi connectivity index (χ0v) is 12.3. The summed E-state index contributed by atoms with van der Waals surface area (Å²) in [6.45, 7) is 0.869. The van der Waals surface area contributed by atoms with Crippen molar-refractivity contribution in [3.63, 3.8) is 0 Å². The van der Waals surface area contributed by atoms with Crippen LogP contribution in [0.25, 0.3) is 0 Å². The van der Waals surface area contributed by atoms with Gasteiger partial charge in [-0.25, -0.2) is 4.98 Å². The van der Waals surface area contributed by atoms with Crippen molar-refractivity contribution in [3.8, 4) is 0 Å². The van der Waals surface area contributed by atoms with Crippen molar-refractivity contribution in [2.45, 2.75) is 44.6 Å². The predicted molar refractivity (Wildman–Crippen MR) is 81.1 cm³/mol. The number of nitrogens with two attached hydrogens (primary N) is 1. The molecule has 1 amide bonds. The smallest absolute Gasteiger partial charge is 0.265 e. The Kier molecular flexibility index (Phi) is 5.60. The number of hydrogen-bond donors (Lipinski definition) is 4. The average Bonchev–Trinajstić information content (AvgIpc) is 3.15. The number of hydrogen-bond acceptors (Lipinski definition) is 6. The average molecular weight is 298 g/mol. The van der Waals surface area contributed by atoms with Gasteiger partial charge in [0, 0.05) is 19.2 Å². The summed E-state index contributed by atoms with van der Waals surface area (Å²) in [4.78, 5) is 16.6. The topological polar surface area (TPSA) is 100 Å². The van der Waals surface area contributed by atoms with E-state index in [1.807, 2.05) is 0 Å². The number of aliphatic hydroxyl groups excluding tert-OH is 1. The van der Waals surface area contributed by atoms with Crippen molar-refractivity contribution in [1.29, 1.82) is 0 Å². The van der Waals surface area contributed by atoms with E-state index >= 15 is 0 Å². The van der Waals surface area contributed by atoms with Gasteiger partial charge in [0.15, 0.2) is 5.13 Å². The number of carbonyl (C=O) groups is 1. The molecule has 20 heavy (non-hydrogen) atoms. The van der Waals surface area contributed by atoms with Gasteiger partial charge in [0.1, 0.15) is 10.7 Å². The molecular weight excluding hydrogens is 276 g/mol. The first kappa shape index (κ1) is 15.1. The van der Waals surface area contributed by atoms with E-state index < -0.39 is 0 Å². The van der Waals surface area contributed by atoms with Crippen LogP contribution in [-0.2, 0) is 0 Å². The molecule has 0 radical (unpaired) electrons. The molecule has 0 atom stereocenters. The van der Waals surface area contributed by atoms with Crippen LogP contribution in [0.15, 0.2) is 0 Å². The molecule has 1 aromatic heterocycles. The molecule has 0 aliphatic heterocycles. The molecule has 6 nitrogen and oxygen atoms in total. The molecule has 5 N–H and O–H groups in total. The van der Waals surface area contributed by atoms with Crippen LogP contribution >= 0.6 is 11.3 Å². The zero-order valence-electron chi connectivity index (χ0n) is 11.5. The van der Waals surface area contributed by atoms with Gasteiger partial charge in [-0.15, -0.1) is 0 Å². The summed E-state index contributed by atoms with van der Waals surface area (Å²) in [6.07, 6.45) is 6.06. The van der Waals surface area contributed by atoms with Crippen molar-refractivity contribution < 1.29 is 9.90 Å². The third kappa shape index (κ3) is 4.64. The molecule has 1 heterocycles. The number of amides is 1. The van der Waals surface area contributed by atoms with Crippen LogP contribution in [-0.4, -0.2) is 35.2 Å². The summed E-state index contributed by atoms with van der Waals surface area (Å²) in [5.74, 6) is 0.155. The third-order valence-electron chi connectivity index (χ3n) is 3.13. The number of aromatic nitrogens is 1. The van der Waals surface area contributed by atoms with Gasteiger partial charge in [0.05, 0.1) is 0 Å². The Hall–Kier alpha value is -1.34. The van der Waals surface area contributed by atoms with E-state index in [9.17, 15) is 4.79 Å². The monoisotopic (exact) mass is 298 g/mol. The Morgan fingerprint density at radius 3 is 2.80 bits per heavy atom. The second-order valence-corrected chi connectivity index (χ2v) is 6.04. The van der Waals surface area contributed by atoms with Crippen molar-refractivity contribution in [1.82, 2.24) is 10.3 Å². The molecule has 0 spiro atoms. The molecule has 112 valence electrons. The lowest BCUT2D eigenvalue weighted by Gasteiger charge is -2.03. The van der Waals surface area contributed by atoms with E-state index in [1.165, 1.54) is 11.3 Å². The maximum Gasteiger partial charge on any atom is 0.265 e. The highest BCUT2D eigenvalue weighted by atomic mass is 32.1. The molecule has 1 saturated carbocycles. The SMILES string of the molecule is Nc1nc(NC2CC2)sc1C(=O)NCCCCCCO. The van der Waals surface area contributed by atoms with Crippen LogP contribution in [0.1, 0.15) is 48.2 Å². The quantitative estimate of drug-likeness (QED) is 0.519. The minimum Gasteiger partial charge on any atom is -0.396 e. The fourth-order valence-corrected chi connectivity index (χ4v) is 2.71. The Morgan fingerprint density at radius 2 is 2.10 bits per heavy atom. The first-order valence-corrected chi connectivity index (χ1v) is 7.94. The zero-order chi connectivity index (χ0) is 14.4. The van der Waals surface area contributed by atoms with Crippen LogP contribution in [0.3, 0.4) is 0 Å². The second kappa shape index (κ2) is 7.44. The Labute approximate surface area is 122 Å². The highest BCUT2D eigenvalue weighted by Crippen LogP contribution is 2.30. The number of anilines is 2. The van der Waals surface area contributed by atoms with E-state index in [-0.39, 0.29) is 12.5 Å². The summed E-state index contributed by atoms with van der Waals surface area (Å²) in [5.41, 5.74) is 5.78. The first-order valence-electron chi connectivity index (χ1n) is 7.12. The Balaban J connectivity index is 1.72. The van der Waals surface area contributed by atoms with Gasteiger partial charge in [-0.3, -0.25) is 4.79 Å². The summed E-state index contributed by atoms with van der Waals surface area (Å²) < 4.78 is 0. The van der Waals surface area contributed by atoms with Crippen LogP contribution in [0.4, 0.5) is 10.9 Å². The number of carbonyl (C=O) groups excluding carboxylic acids is 1. The molecule has 0 saturated heterocycles. The number of thiazole rings is 1. The maximum absolute atomic E-state index is 12.0. The summed E-state index contributed by atoms with van der Waals surface area (Å²) in [6, 6.07) is 0.503. The molecule has 7 heteroatoms. The van der Waals surface area contributed by atoms with E-state index in [0.717, 1.165) is 43.7 Å². The highest BCUT2D eigenvalue weighted by molar-refractivity contribution is 7.18. The first-order chi connectivity index (χ1) is 9.70. The molecular formula is C13H22N4O2S. The van der Waals surface area contributed by atoms with Crippen molar-refractivity contribution in [2.24, 2.45) is 0 Å². The van der Waals surface area contributed by atoms with E-state index in [1.54, 1.807) is 0 Å². The molecule has 0 bridgehead atoms. The molecule has 2 rings (SSSR count). The maximum atomic E-state index is 12.0. The molecule has 0 aromatic carbocycles. The van der Waals surface area contributed by atoms with Gasteiger partial charge in [0.2, 0.25) is 0 Å². The normalized spacial score (nSPS) is 14.2. The number of unbranched alkanes of at least 4 members (excludes halogenated alkanes) is 3. The number of aliphatic hydroxyl groups is 1. The lowest BCUT2D eigenvalue weighted by molar-refractivity contribution is 0.0957. The lowest BCUT2D eigenvalue weighted by atomic mass is 10.2. The van der Waals surface area contributed by atoms with Crippen molar-refractivity contribution in [2.75, 3.05) is 24.2 Å². The van der Waals surface area contributed by atoms with Gasteiger partial charge in [-0.1, -0.05) is 24.2 Å². The summed E-state index contributed by atoms with van der Waals surface area (Å²) >= 11 is 1.32. The Bertz CT molecular complexity index is 446. The van der Waals surface area contributed by atoms with Gasteiger partial charge >= 0.3 is 0 Å². The predicted octanol–water partition coefficient (Wildman–Crippen LogP) is 1.58. The van der Waals surface area contributed by atoms with Gasteiger partial charge in [-0.05, 0) is 25.7 Å². The van der Waals surface area contributed by atoms with Gasteiger partial charge in [0.25, 0.3) is 5.91 Å².